The first-order valence-electron chi connectivity index (χ1n) is 7.88. The highest BCUT2D eigenvalue weighted by molar-refractivity contribution is 5.74. The first kappa shape index (κ1) is 15.8. The second-order valence-corrected chi connectivity index (χ2v) is 5.56. The van der Waals surface area contributed by atoms with E-state index in [0.29, 0.717) is 34.0 Å². The summed E-state index contributed by atoms with van der Waals surface area (Å²) in [6.45, 7) is 0.192. The molecule has 0 bridgehead atoms. The Hall–Kier alpha value is -3.74. The Morgan fingerprint density at radius 3 is 2.81 bits per heavy atom. The molecule has 0 fully saturated rings. The summed E-state index contributed by atoms with van der Waals surface area (Å²) in [4.78, 5) is 19.0. The molecule has 4 rings (SSSR count). The summed E-state index contributed by atoms with van der Waals surface area (Å²) in [5, 5.41) is 10.9. The summed E-state index contributed by atoms with van der Waals surface area (Å²) in [6.07, 6.45) is 1.64. The minimum absolute atomic E-state index is 0.0319. The summed E-state index contributed by atoms with van der Waals surface area (Å²) in [7, 11) is 0. The van der Waals surface area contributed by atoms with Crippen LogP contribution in [0.25, 0.3) is 22.7 Å². The van der Waals surface area contributed by atoms with Gasteiger partial charge >= 0.3 is 0 Å². The number of hydrogen-bond acceptors (Lipinski definition) is 6. The molecule has 0 radical (unpaired) electrons. The standard InChI is InChI=1S/C19H13N3O4/c23-22(24)14-6-3-5-13(11-14)12-25-17-9-2-1-7-15(17)18-21-16-8-4-10-20-19(16)26-18/h1-11H,12H2. The molecule has 4 aromatic rings. The topological polar surface area (TPSA) is 91.3 Å². The number of hydrogen-bond donors (Lipinski definition) is 0. The summed E-state index contributed by atoms with van der Waals surface area (Å²) < 4.78 is 11.6. The van der Waals surface area contributed by atoms with E-state index in [1.807, 2.05) is 24.3 Å². The number of pyridine rings is 1. The summed E-state index contributed by atoms with van der Waals surface area (Å²) in [5.41, 5.74) is 2.54. The Morgan fingerprint density at radius 2 is 1.96 bits per heavy atom. The lowest BCUT2D eigenvalue weighted by molar-refractivity contribution is -0.384. The van der Waals surface area contributed by atoms with Crippen molar-refractivity contribution in [2.24, 2.45) is 0 Å². The number of ether oxygens (including phenoxy) is 1. The molecule has 0 saturated heterocycles. The number of aromatic nitrogens is 2. The Kier molecular flexibility index (Phi) is 4.03. The normalized spacial score (nSPS) is 10.8. The third-order valence-corrected chi connectivity index (χ3v) is 3.80. The average molecular weight is 347 g/mol. The van der Waals surface area contributed by atoms with Crippen molar-refractivity contribution in [2.45, 2.75) is 6.61 Å². The largest absolute Gasteiger partial charge is 0.488 e. The fourth-order valence-corrected chi connectivity index (χ4v) is 2.58. The molecule has 7 nitrogen and oxygen atoms in total. The van der Waals surface area contributed by atoms with Crippen LogP contribution >= 0.6 is 0 Å². The van der Waals surface area contributed by atoms with Crippen LogP contribution in [-0.4, -0.2) is 14.9 Å². The van der Waals surface area contributed by atoms with Gasteiger partial charge in [0.1, 0.15) is 17.9 Å². The highest BCUT2D eigenvalue weighted by Crippen LogP contribution is 2.31. The van der Waals surface area contributed by atoms with Crippen molar-refractivity contribution in [1.29, 1.82) is 0 Å². The second-order valence-electron chi connectivity index (χ2n) is 5.56. The molecular weight excluding hydrogens is 334 g/mol. The number of nitrogens with zero attached hydrogens (tertiary/aromatic N) is 3. The van der Waals surface area contributed by atoms with E-state index in [1.165, 1.54) is 12.1 Å². The molecule has 0 spiro atoms. The zero-order valence-electron chi connectivity index (χ0n) is 13.5. The van der Waals surface area contributed by atoms with Crippen molar-refractivity contribution in [2.75, 3.05) is 0 Å². The Bertz CT molecular complexity index is 1060. The second kappa shape index (κ2) is 6.64. The molecule has 0 unspecified atom stereocenters. The molecule has 7 heteroatoms. The number of nitro groups is 1. The number of benzene rings is 2. The van der Waals surface area contributed by atoms with Crippen LogP contribution in [0.1, 0.15) is 5.56 Å². The van der Waals surface area contributed by atoms with E-state index in [1.54, 1.807) is 30.5 Å². The smallest absolute Gasteiger partial charge is 0.269 e. The highest BCUT2D eigenvalue weighted by Gasteiger charge is 2.14. The van der Waals surface area contributed by atoms with Gasteiger partial charge in [-0.1, -0.05) is 24.3 Å². The third kappa shape index (κ3) is 3.10. The number of oxazole rings is 1. The van der Waals surface area contributed by atoms with Crippen molar-refractivity contribution in [1.82, 2.24) is 9.97 Å². The lowest BCUT2D eigenvalue weighted by atomic mass is 10.2. The van der Waals surface area contributed by atoms with Crippen LogP contribution in [0.2, 0.25) is 0 Å². The third-order valence-electron chi connectivity index (χ3n) is 3.80. The predicted octanol–water partition coefficient (Wildman–Crippen LogP) is 4.38. The van der Waals surface area contributed by atoms with Crippen LogP contribution in [0.4, 0.5) is 5.69 Å². The van der Waals surface area contributed by atoms with Crippen LogP contribution in [0.15, 0.2) is 71.3 Å². The van der Waals surface area contributed by atoms with Crippen LogP contribution in [0.3, 0.4) is 0 Å². The van der Waals surface area contributed by atoms with Gasteiger partial charge in [0.2, 0.25) is 11.6 Å². The minimum atomic E-state index is -0.428. The maximum atomic E-state index is 10.9. The maximum absolute atomic E-state index is 10.9. The Morgan fingerprint density at radius 1 is 1.08 bits per heavy atom. The molecule has 26 heavy (non-hydrogen) atoms. The molecular formula is C19H13N3O4. The number of rotatable bonds is 5. The van der Waals surface area contributed by atoms with Crippen LogP contribution < -0.4 is 4.74 Å². The molecule has 0 aliphatic carbocycles. The molecule has 2 aromatic carbocycles. The molecule has 2 heterocycles. The number of non-ortho nitro benzene ring substituents is 1. The van der Waals surface area contributed by atoms with E-state index in [2.05, 4.69) is 9.97 Å². The average Bonchev–Trinajstić information content (AvgIpc) is 3.11. The number of nitro benzene ring substituents is 1. The van der Waals surface area contributed by atoms with E-state index in [9.17, 15) is 10.1 Å². The van der Waals surface area contributed by atoms with Gasteiger partial charge in [0.15, 0.2) is 0 Å². The first-order chi connectivity index (χ1) is 12.7. The van der Waals surface area contributed by atoms with E-state index in [4.69, 9.17) is 9.15 Å². The van der Waals surface area contributed by atoms with E-state index < -0.39 is 4.92 Å². The van der Waals surface area contributed by atoms with Crippen molar-refractivity contribution in [3.8, 4) is 17.2 Å². The zero-order valence-corrected chi connectivity index (χ0v) is 13.5. The van der Waals surface area contributed by atoms with Crippen LogP contribution in [0, 0.1) is 10.1 Å². The number of para-hydroxylation sites is 1. The molecule has 0 amide bonds. The van der Waals surface area contributed by atoms with E-state index in [0.717, 1.165) is 0 Å². The zero-order chi connectivity index (χ0) is 17.9. The van der Waals surface area contributed by atoms with Crippen LogP contribution in [0.5, 0.6) is 5.75 Å². The van der Waals surface area contributed by atoms with Gasteiger partial charge in [-0.05, 0) is 29.8 Å². The molecule has 0 saturated carbocycles. The molecule has 2 aromatic heterocycles. The first-order valence-corrected chi connectivity index (χ1v) is 7.88. The van der Waals surface area contributed by atoms with Gasteiger partial charge < -0.3 is 9.15 Å². The van der Waals surface area contributed by atoms with Gasteiger partial charge in [-0.25, -0.2) is 9.97 Å². The lowest BCUT2D eigenvalue weighted by Crippen LogP contribution is -1.98. The van der Waals surface area contributed by atoms with E-state index >= 15 is 0 Å². The van der Waals surface area contributed by atoms with Crippen molar-refractivity contribution >= 4 is 16.9 Å². The SMILES string of the molecule is O=[N+]([O-])c1cccc(COc2ccccc2-c2nc3cccnc3o2)c1. The fraction of sp³-hybridized carbons (Fsp3) is 0.0526. The van der Waals surface area contributed by atoms with Gasteiger partial charge in [-0.3, -0.25) is 10.1 Å². The minimum Gasteiger partial charge on any atom is -0.488 e. The molecule has 128 valence electrons. The Labute approximate surface area is 148 Å². The van der Waals surface area contributed by atoms with Gasteiger partial charge in [-0.2, -0.15) is 0 Å². The van der Waals surface area contributed by atoms with Gasteiger partial charge in [0.25, 0.3) is 5.69 Å². The number of fused-ring (bicyclic) bond motifs is 1. The molecule has 0 N–H and O–H groups in total. The highest BCUT2D eigenvalue weighted by atomic mass is 16.6. The molecule has 0 atom stereocenters. The van der Waals surface area contributed by atoms with Crippen molar-refractivity contribution < 1.29 is 14.1 Å². The quantitative estimate of drug-likeness (QED) is 0.393. The Balaban J connectivity index is 1.62. The van der Waals surface area contributed by atoms with E-state index in [-0.39, 0.29) is 12.3 Å². The lowest BCUT2D eigenvalue weighted by Gasteiger charge is -2.09. The van der Waals surface area contributed by atoms with Crippen molar-refractivity contribution in [3.63, 3.8) is 0 Å². The molecule has 0 aliphatic heterocycles. The van der Waals surface area contributed by atoms with Crippen LogP contribution in [-0.2, 0) is 6.61 Å². The summed E-state index contributed by atoms with van der Waals surface area (Å²) >= 11 is 0. The molecule has 0 aliphatic rings. The maximum Gasteiger partial charge on any atom is 0.269 e. The predicted molar refractivity (Wildman–Crippen MR) is 94.7 cm³/mol. The monoisotopic (exact) mass is 347 g/mol. The van der Waals surface area contributed by atoms with Crippen molar-refractivity contribution in [3.05, 3.63) is 82.5 Å². The summed E-state index contributed by atoms with van der Waals surface area (Å²) in [6, 6.07) is 17.3. The fourth-order valence-electron chi connectivity index (χ4n) is 2.58. The van der Waals surface area contributed by atoms with Gasteiger partial charge in [0.05, 0.1) is 10.5 Å². The van der Waals surface area contributed by atoms with Gasteiger partial charge in [-0.15, -0.1) is 0 Å². The van der Waals surface area contributed by atoms with Gasteiger partial charge in [0, 0.05) is 18.3 Å². The summed E-state index contributed by atoms with van der Waals surface area (Å²) in [5.74, 6) is 0.985.